The van der Waals surface area contributed by atoms with E-state index in [-0.39, 0.29) is 56.6 Å². The first-order valence-electron chi connectivity index (χ1n) is 21.1. The Bertz CT molecular complexity index is 1600. The molecule has 7 atom stereocenters. The number of rotatable bonds is 30. The van der Waals surface area contributed by atoms with Gasteiger partial charge in [-0.1, -0.05) is 85.1 Å². The van der Waals surface area contributed by atoms with E-state index >= 15 is 0 Å². The first-order valence-corrected chi connectivity index (χ1v) is 21.1. The van der Waals surface area contributed by atoms with Gasteiger partial charge < -0.3 is 25.7 Å². The maximum absolute atomic E-state index is 13.4. The molecule has 0 radical (unpaired) electrons. The molecule has 0 aliphatic rings. The normalized spacial score (nSPS) is 14.8. The molecule has 0 heterocycles. The second-order valence-electron chi connectivity index (χ2n) is 16.4. The van der Waals surface area contributed by atoms with E-state index in [1.807, 2.05) is 26.0 Å². The van der Waals surface area contributed by atoms with Crippen molar-refractivity contribution in [3.63, 3.8) is 0 Å². The highest BCUT2D eigenvalue weighted by Crippen LogP contribution is 2.18. The Balaban J connectivity index is 2.80. The van der Waals surface area contributed by atoms with E-state index in [0.29, 0.717) is 5.56 Å². The van der Waals surface area contributed by atoms with E-state index in [1.54, 1.807) is 19.1 Å². The predicted molar refractivity (Wildman–Crippen MR) is 223 cm³/mol. The third-order valence-corrected chi connectivity index (χ3v) is 10.6. The topological polar surface area (TPSA) is 221 Å². The van der Waals surface area contributed by atoms with Gasteiger partial charge in [-0.3, -0.25) is 43.2 Å². The Labute approximate surface area is 350 Å². The van der Waals surface area contributed by atoms with Gasteiger partial charge >= 0.3 is 0 Å². The van der Waals surface area contributed by atoms with Gasteiger partial charge in [-0.15, -0.1) is 0 Å². The number of amides is 3. The fourth-order valence-corrected chi connectivity index (χ4v) is 6.75. The molecule has 0 fully saturated rings. The Morgan fingerprint density at radius 2 is 1.32 bits per heavy atom. The van der Waals surface area contributed by atoms with Crippen LogP contribution in [0, 0.1) is 23.7 Å². The van der Waals surface area contributed by atoms with Gasteiger partial charge in [-0.25, -0.2) is 0 Å². The number of carbonyl (C=O) groups excluding carboxylic acids is 9. The van der Waals surface area contributed by atoms with Crippen LogP contribution in [0.3, 0.4) is 0 Å². The smallest absolute Gasteiger partial charge is 0.226 e. The van der Waals surface area contributed by atoms with Crippen LogP contribution >= 0.6 is 0 Å². The van der Waals surface area contributed by atoms with Crippen LogP contribution in [0.15, 0.2) is 24.3 Å². The number of aliphatic hydroxyl groups is 2. The van der Waals surface area contributed by atoms with Crippen molar-refractivity contribution in [1.29, 1.82) is 0 Å². The number of unbranched alkanes of at least 4 members (excludes halogenated alkanes) is 3. The number of ketones is 6. The summed E-state index contributed by atoms with van der Waals surface area (Å²) in [7, 11) is 1.30. The van der Waals surface area contributed by atoms with Crippen molar-refractivity contribution >= 4 is 52.4 Å². The van der Waals surface area contributed by atoms with Crippen LogP contribution in [0.1, 0.15) is 142 Å². The van der Waals surface area contributed by atoms with Crippen LogP contribution in [-0.4, -0.2) is 105 Å². The molecule has 1 rings (SSSR count). The third kappa shape index (κ3) is 18.2. The van der Waals surface area contributed by atoms with Crippen LogP contribution in [-0.2, 0) is 44.8 Å². The number of carbonyl (C=O) groups is 9. The number of nitrogens with zero attached hydrogens (tertiary/aromatic N) is 1. The molecule has 0 saturated carbocycles. The van der Waals surface area contributed by atoms with E-state index in [9.17, 15) is 53.4 Å². The lowest BCUT2D eigenvalue weighted by molar-refractivity contribution is -0.143. The fraction of sp³-hybridized carbons (Fsp3) is 0.667. The van der Waals surface area contributed by atoms with E-state index in [4.69, 9.17) is 0 Å². The lowest BCUT2D eigenvalue weighted by Crippen LogP contribution is -2.50. The van der Waals surface area contributed by atoms with Gasteiger partial charge in [0.05, 0.1) is 30.7 Å². The van der Waals surface area contributed by atoms with Crippen molar-refractivity contribution in [1.82, 2.24) is 15.5 Å². The standard InChI is InChI=1S/C45H69N3O11/c1-10-12-13-14-15-32-16-18-33(19-17-32)38(53)25-34(26-49)45(59)46-30(7)37(52)20-21-41(56)48(9)42(31(8)50)40(55)24-29(6)44(58)47-35(22-27(3)4)39(54)23-28(5)43(57)36(51)11-2/h16-19,27-31,34-35,42,49-50H,10-15,20-26H2,1-9H3,(H,46,59)(H,47,58)/t28?,29-,30-,31?,34-,35+,42+/m1/s1. The van der Waals surface area contributed by atoms with Gasteiger partial charge in [-0.2, -0.15) is 0 Å². The molecule has 3 amide bonds. The minimum Gasteiger partial charge on any atom is -0.396 e. The van der Waals surface area contributed by atoms with Crippen molar-refractivity contribution in [3.8, 4) is 0 Å². The highest BCUT2D eigenvalue weighted by Gasteiger charge is 2.35. The first kappa shape index (κ1) is 52.6. The van der Waals surface area contributed by atoms with Crippen molar-refractivity contribution < 1.29 is 53.4 Å². The molecule has 2 unspecified atom stereocenters. The van der Waals surface area contributed by atoms with Crippen molar-refractivity contribution in [2.75, 3.05) is 13.7 Å². The number of aliphatic hydroxyl groups excluding tert-OH is 2. The Morgan fingerprint density at radius 1 is 0.712 bits per heavy atom. The fourth-order valence-electron chi connectivity index (χ4n) is 6.75. The van der Waals surface area contributed by atoms with Gasteiger partial charge in [-0.05, 0) is 44.6 Å². The van der Waals surface area contributed by atoms with E-state index in [0.717, 1.165) is 36.1 Å². The molecule has 0 aliphatic heterocycles. The summed E-state index contributed by atoms with van der Waals surface area (Å²) in [5, 5.41) is 25.6. The highest BCUT2D eigenvalue weighted by atomic mass is 16.3. The van der Waals surface area contributed by atoms with Crippen LogP contribution < -0.4 is 10.6 Å². The summed E-state index contributed by atoms with van der Waals surface area (Å²) < 4.78 is 0. The molecule has 4 N–H and O–H groups in total. The lowest BCUT2D eigenvalue weighted by Gasteiger charge is -2.30. The number of hydrogen-bond donors (Lipinski definition) is 4. The van der Waals surface area contributed by atoms with Gasteiger partial charge in [0.25, 0.3) is 0 Å². The van der Waals surface area contributed by atoms with Gasteiger partial charge in [0, 0.05) is 63.0 Å². The molecule has 59 heavy (non-hydrogen) atoms. The largest absolute Gasteiger partial charge is 0.396 e. The number of Topliss-reactive ketones (excluding diaryl/α,β-unsaturated/α-hetero) is 6. The minimum absolute atomic E-state index is 0.0125. The Morgan fingerprint density at radius 3 is 1.86 bits per heavy atom. The zero-order valence-corrected chi connectivity index (χ0v) is 36.6. The number of aryl methyl sites for hydroxylation is 1. The van der Waals surface area contributed by atoms with Crippen LogP contribution in [0.2, 0.25) is 0 Å². The van der Waals surface area contributed by atoms with Crippen molar-refractivity contribution in [2.24, 2.45) is 23.7 Å². The quantitative estimate of drug-likeness (QED) is 0.0486. The molecule has 0 spiro atoms. The number of hydrogen-bond acceptors (Lipinski definition) is 11. The summed E-state index contributed by atoms with van der Waals surface area (Å²) in [6.45, 7) is 12.5. The number of likely N-dealkylation sites (N-methyl/N-ethyl adjacent to an activating group) is 1. The van der Waals surface area contributed by atoms with Crippen LogP contribution in [0.4, 0.5) is 0 Å². The summed E-state index contributed by atoms with van der Waals surface area (Å²) in [4.78, 5) is 117. The van der Waals surface area contributed by atoms with Crippen molar-refractivity contribution in [2.45, 2.75) is 157 Å². The monoisotopic (exact) mass is 827 g/mol. The molecular weight excluding hydrogens is 759 g/mol. The molecule has 1 aromatic rings. The van der Waals surface area contributed by atoms with Gasteiger partial charge in [0.15, 0.2) is 28.9 Å². The van der Waals surface area contributed by atoms with Crippen LogP contribution in [0.25, 0.3) is 0 Å². The molecule has 0 aromatic heterocycles. The summed E-state index contributed by atoms with van der Waals surface area (Å²) >= 11 is 0. The predicted octanol–water partition coefficient (Wildman–Crippen LogP) is 4.32. The molecule has 330 valence electrons. The summed E-state index contributed by atoms with van der Waals surface area (Å²) in [6.07, 6.45) is 2.79. The van der Waals surface area contributed by atoms with E-state index in [2.05, 4.69) is 17.6 Å². The molecule has 14 heteroatoms. The molecule has 1 aromatic carbocycles. The number of benzene rings is 1. The lowest BCUT2D eigenvalue weighted by atomic mass is 9.90. The first-order chi connectivity index (χ1) is 27.7. The Hall–Kier alpha value is -4.43. The molecule has 14 nitrogen and oxygen atoms in total. The average molecular weight is 828 g/mol. The second kappa shape index (κ2) is 26.6. The van der Waals surface area contributed by atoms with E-state index < -0.39 is 95.2 Å². The maximum Gasteiger partial charge on any atom is 0.226 e. The van der Waals surface area contributed by atoms with E-state index in [1.165, 1.54) is 41.2 Å². The summed E-state index contributed by atoms with van der Waals surface area (Å²) in [5.74, 6) is -7.99. The van der Waals surface area contributed by atoms with Crippen molar-refractivity contribution in [3.05, 3.63) is 35.4 Å². The van der Waals surface area contributed by atoms with Gasteiger partial charge in [0.2, 0.25) is 23.5 Å². The van der Waals surface area contributed by atoms with Crippen LogP contribution in [0.5, 0.6) is 0 Å². The molecule has 0 aliphatic carbocycles. The van der Waals surface area contributed by atoms with Gasteiger partial charge in [0.1, 0.15) is 6.04 Å². The SMILES string of the molecule is CCCCCCc1ccc(C(=O)C[C@H](CO)C(=O)N[C@H](C)C(=O)CCC(=O)N(C)[C@H](C(=O)C[C@@H](C)C(=O)N[C@@H](CC(C)C)C(=O)CC(C)C(=O)C(=O)CC)C(C)O)cc1. The third-order valence-electron chi connectivity index (χ3n) is 10.6. The number of nitrogens with one attached hydrogen (secondary N) is 2. The zero-order chi connectivity index (χ0) is 45.0. The molecular formula is C45H69N3O11. The minimum atomic E-state index is -1.36. The zero-order valence-electron chi connectivity index (χ0n) is 36.6. The Kier molecular flexibility index (Phi) is 23.7. The molecule has 0 saturated heterocycles. The molecule has 0 bridgehead atoms. The second-order valence-corrected chi connectivity index (χ2v) is 16.4. The summed E-state index contributed by atoms with van der Waals surface area (Å²) in [5.41, 5.74) is 1.53. The maximum atomic E-state index is 13.4. The summed E-state index contributed by atoms with van der Waals surface area (Å²) in [6, 6.07) is 3.81. The average Bonchev–Trinajstić information content (AvgIpc) is 3.18. The highest BCUT2D eigenvalue weighted by molar-refractivity contribution is 6.38.